The quantitative estimate of drug-likeness (QED) is 0.828. The van der Waals surface area contributed by atoms with Gasteiger partial charge in [-0.05, 0) is 18.2 Å². The second-order valence-corrected chi connectivity index (χ2v) is 7.93. The Bertz CT molecular complexity index is 954. The van der Waals surface area contributed by atoms with Crippen LogP contribution in [-0.2, 0) is 17.1 Å². The molecule has 4 rings (SSSR count). The van der Waals surface area contributed by atoms with E-state index in [1.54, 1.807) is 0 Å². The number of sulfonamides is 1. The predicted molar refractivity (Wildman–Crippen MR) is 72.2 cm³/mol. The molecule has 1 saturated heterocycles. The summed E-state index contributed by atoms with van der Waals surface area (Å²) >= 11 is 0. The van der Waals surface area contributed by atoms with Crippen molar-refractivity contribution >= 4 is 21.1 Å². The highest BCUT2D eigenvalue weighted by Gasteiger charge is 2.77. The highest BCUT2D eigenvalue weighted by Crippen LogP contribution is 2.65. The zero-order valence-electron chi connectivity index (χ0n) is 11.5. The first-order valence-electron chi connectivity index (χ1n) is 6.64. The molecule has 1 aliphatic carbocycles. The van der Waals surface area contributed by atoms with Gasteiger partial charge in [0.2, 0.25) is 10.0 Å². The summed E-state index contributed by atoms with van der Waals surface area (Å²) in [5.41, 5.74) is -0.537. The Morgan fingerprint density at radius 2 is 1.91 bits per heavy atom. The molecule has 0 atom stereocenters. The molecule has 2 heterocycles. The number of aromatic nitrogens is 1. The van der Waals surface area contributed by atoms with Crippen LogP contribution in [0.15, 0.2) is 32.3 Å². The van der Waals surface area contributed by atoms with Crippen molar-refractivity contribution in [2.24, 2.45) is 12.5 Å². The minimum atomic E-state index is -3.84. The Hall–Kier alpha value is -1.74. The summed E-state index contributed by atoms with van der Waals surface area (Å²) in [7, 11) is -2.37. The third-order valence-electron chi connectivity index (χ3n) is 4.57. The largest absolute Gasteiger partial charge is 0.419 e. The molecule has 0 radical (unpaired) electrons. The fourth-order valence-electron chi connectivity index (χ4n) is 2.94. The number of nitrogens with zero attached hydrogens (tertiary/aromatic N) is 2. The zero-order chi connectivity index (χ0) is 15.9. The fraction of sp³-hybridized carbons (Fsp3) is 0.462. The molecule has 1 saturated carbocycles. The lowest BCUT2D eigenvalue weighted by atomic mass is 10.00. The first-order valence-corrected chi connectivity index (χ1v) is 8.08. The van der Waals surface area contributed by atoms with Crippen molar-refractivity contribution in [1.82, 2.24) is 8.87 Å². The minimum Gasteiger partial charge on any atom is -0.408 e. The van der Waals surface area contributed by atoms with Gasteiger partial charge >= 0.3 is 5.76 Å². The van der Waals surface area contributed by atoms with Crippen LogP contribution in [0.2, 0.25) is 0 Å². The summed E-state index contributed by atoms with van der Waals surface area (Å²) < 4.78 is 58.5. The second kappa shape index (κ2) is 3.77. The van der Waals surface area contributed by atoms with Gasteiger partial charge in [-0.2, -0.15) is 4.31 Å². The smallest absolute Gasteiger partial charge is 0.408 e. The molecule has 1 aromatic carbocycles. The maximum atomic E-state index is 13.2. The van der Waals surface area contributed by atoms with E-state index in [4.69, 9.17) is 4.42 Å². The van der Waals surface area contributed by atoms with Gasteiger partial charge in [0.1, 0.15) is 0 Å². The van der Waals surface area contributed by atoms with Gasteiger partial charge in [-0.25, -0.2) is 22.0 Å². The van der Waals surface area contributed by atoms with Crippen LogP contribution in [0, 0.1) is 5.41 Å². The Labute approximate surface area is 124 Å². The molecule has 22 heavy (non-hydrogen) atoms. The van der Waals surface area contributed by atoms with E-state index in [2.05, 4.69) is 0 Å². The molecule has 2 aromatic rings. The number of rotatable bonds is 2. The maximum Gasteiger partial charge on any atom is 0.419 e. The number of alkyl halides is 2. The SMILES string of the molecule is Cn1c(=O)oc2ccc(S(=O)(=O)N3CC4(C3)CC4(F)F)cc21. The third-order valence-corrected chi connectivity index (χ3v) is 6.36. The van der Waals surface area contributed by atoms with Crippen molar-refractivity contribution in [3.8, 4) is 0 Å². The highest BCUT2D eigenvalue weighted by atomic mass is 32.2. The number of hydrogen-bond acceptors (Lipinski definition) is 4. The highest BCUT2D eigenvalue weighted by molar-refractivity contribution is 7.89. The van der Waals surface area contributed by atoms with Crippen LogP contribution in [0.1, 0.15) is 6.42 Å². The van der Waals surface area contributed by atoms with Crippen molar-refractivity contribution in [3.63, 3.8) is 0 Å². The average Bonchev–Trinajstić information content (AvgIpc) is 2.88. The maximum absolute atomic E-state index is 13.2. The lowest BCUT2D eigenvalue weighted by Gasteiger charge is -2.38. The van der Waals surface area contributed by atoms with E-state index in [1.807, 2.05) is 0 Å². The van der Waals surface area contributed by atoms with Crippen LogP contribution < -0.4 is 5.76 Å². The van der Waals surface area contributed by atoms with Crippen molar-refractivity contribution in [2.75, 3.05) is 13.1 Å². The number of oxazole rings is 1. The van der Waals surface area contributed by atoms with Crippen molar-refractivity contribution in [3.05, 3.63) is 28.7 Å². The van der Waals surface area contributed by atoms with Crippen LogP contribution in [-0.4, -0.2) is 36.3 Å². The van der Waals surface area contributed by atoms with Gasteiger partial charge in [-0.15, -0.1) is 0 Å². The van der Waals surface area contributed by atoms with Crippen LogP contribution in [0.25, 0.3) is 11.1 Å². The molecule has 1 spiro atoms. The minimum absolute atomic E-state index is 0.0322. The normalized spacial score (nSPS) is 22.9. The second-order valence-electron chi connectivity index (χ2n) is 5.99. The topological polar surface area (TPSA) is 72.5 Å². The first kappa shape index (κ1) is 13.9. The summed E-state index contributed by atoms with van der Waals surface area (Å²) in [5, 5.41) is 0. The summed E-state index contributed by atoms with van der Waals surface area (Å²) in [5.74, 6) is -3.35. The van der Waals surface area contributed by atoms with E-state index in [-0.39, 0.29) is 30.0 Å². The third kappa shape index (κ3) is 1.60. The fourth-order valence-corrected chi connectivity index (χ4v) is 4.57. The van der Waals surface area contributed by atoms with Crippen LogP contribution in [0.5, 0.6) is 0 Å². The number of halogens is 2. The van der Waals surface area contributed by atoms with E-state index in [0.717, 1.165) is 4.31 Å². The molecule has 0 N–H and O–H groups in total. The summed E-state index contributed by atoms with van der Waals surface area (Å²) in [4.78, 5) is 11.4. The van der Waals surface area contributed by atoms with E-state index >= 15 is 0 Å². The van der Waals surface area contributed by atoms with Gasteiger partial charge in [0.25, 0.3) is 5.92 Å². The monoisotopic (exact) mass is 330 g/mol. The van der Waals surface area contributed by atoms with Crippen LogP contribution in [0.4, 0.5) is 8.78 Å². The van der Waals surface area contributed by atoms with Gasteiger partial charge in [-0.3, -0.25) is 4.57 Å². The molecular formula is C13H12F2N2O4S. The van der Waals surface area contributed by atoms with Gasteiger partial charge in [0.05, 0.1) is 15.8 Å². The predicted octanol–water partition coefficient (Wildman–Crippen LogP) is 1.16. The van der Waals surface area contributed by atoms with Crippen molar-refractivity contribution < 1.29 is 21.6 Å². The lowest BCUT2D eigenvalue weighted by Crippen LogP contribution is -2.53. The molecule has 1 aliphatic heterocycles. The molecule has 2 aliphatic rings. The Morgan fingerprint density at radius 3 is 2.50 bits per heavy atom. The Morgan fingerprint density at radius 1 is 1.27 bits per heavy atom. The van der Waals surface area contributed by atoms with Crippen molar-refractivity contribution in [2.45, 2.75) is 17.2 Å². The molecule has 1 aromatic heterocycles. The molecule has 2 fully saturated rings. The van der Waals surface area contributed by atoms with E-state index in [0.29, 0.717) is 5.52 Å². The number of benzene rings is 1. The number of aryl methyl sites for hydroxylation is 1. The van der Waals surface area contributed by atoms with E-state index in [9.17, 15) is 22.0 Å². The van der Waals surface area contributed by atoms with Crippen LogP contribution >= 0.6 is 0 Å². The molecule has 0 unspecified atom stereocenters. The molecule has 0 bridgehead atoms. The van der Waals surface area contributed by atoms with E-state index < -0.39 is 27.1 Å². The molecular weight excluding hydrogens is 318 g/mol. The van der Waals surface area contributed by atoms with Gasteiger partial charge in [0, 0.05) is 26.6 Å². The summed E-state index contributed by atoms with van der Waals surface area (Å²) in [6.07, 6.45) is -0.249. The number of hydrogen-bond donors (Lipinski definition) is 0. The summed E-state index contributed by atoms with van der Waals surface area (Å²) in [6.45, 7) is -0.324. The molecule has 118 valence electrons. The zero-order valence-corrected chi connectivity index (χ0v) is 12.4. The van der Waals surface area contributed by atoms with Crippen molar-refractivity contribution in [1.29, 1.82) is 0 Å². The van der Waals surface area contributed by atoms with Gasteiger partial charge in [-0.1, -0.05) is 0 Å². The Kier molecular flexibility index (Phi) is 2.38. The molecule has 9 heteroatoms. The molecule has 6 nitrogen and oxygen atoms in total. The van der Waals surface area contributed by atoms with Gasteiger partial charge in [0.15, 0.2) is 5.58 Å². The standard InChI is InChI=1S/C13H12F2N2O4S/c1-16-9-4-8(2-3-10(9)21-11(16)18)22(19,20)17-6-12(7-17)5-13(12,14)15/h2-4H,5-7H2,1H3. The molecule has 0 amide bonds. The lowest BCUT2D eigenvalue weighted by molar-refractivity contribution is 0.0108. The Balaban J connectivity index is 1.69. The van der Waals surface area contributed by atoms with Gasteiger partial charge < -0.3 is 4.42 Å². The average molecular weight is 330 g/mol. The number of fused-ring (bicyclic) bond motifs is 1. The summed E-state index contributed by atoms with van der Waals surface area (Å²) in [6, 6.07) is 4.03. The first-order chi connectivity index (χ1) is 10.2. The van der Waals surface area contributed by atoms with E-state index in [1.165, 1.54) is 29.8 Å². The van der Waals surface area contributed by atoms with Crippen LogP contribution in [0.3, 0.4) is 0 Å².